The molecule has 0 bridgehead atoms. The molecule has 4 nitrogen and oxygen atoms in total. The number of methoxy groups -OCH3 is 1. The molecule has 1 aromatic heterocycles. The van der Waals surface area contributed by atoms with E-state index >= 15 is 0 Å². The number of halogens is 1. The third-order valence-electron chi connectivity index (χ3n) is 3.42. The standard InChI is InChI=1S/C15H19BrN2O2/c1-9(2)11-7-10(5-6-13(11)20-4)15-17-14(16)12(8-19)18(15)3/h5-7,9,19H,8H2,1-4H3. The Morgan fingerprint density at radius 1 is 1.40 bits per heavy atom. The van der Waals surface area contributed by atoms with Crippen molar-refractivity contribution < 1.29 is 9.84 Å². The van der Waals surface area contributed by atoms with E-state index in [0.717, 1.165) is 28.4 Å². The molecule has 0 aliphatic carbocycles. The van der Waals surface area contributed by atoms with Gasteiger partial charge in [0.1, 0.15) is 16.2 Å². The Morgan fingerprint density at radius 3 is 2.60 bits per heavy atom. The summed E-state index contributed by atoms with van der Waals surface area (Å²) in [6, 6.07) is 6.05. The van der Waals surface area contributed by atoms with Crippen LogP contribution in [0.2, 0.25) is 0 Å². The van der Waals surface area contributed by atoms with Crippen molar-refractivity contribution in [2.45, 2.75) is 26.4 Å². The zero-order valence-electron chi connectivity index (χ0n) is 12.1. The van der Waals surface area contributed by atoms with E-state index in [2.05, 4.69) is 40.8 Å². The van der Waals surface area contributed by atoms with Gasteiger partial charge in [0.25, 0.3) is 0 Å². The second-order valence-corrected chi connectivity index (χ2v) is 5.75. The van der Waals surface area contributed by atoms with Gasteiger partial charge in [-0.2, -0.15) is 0 Å². The van der Waals surface area contributed by atoms with Crippen LogP contribution in [0, 0.1) is 0 Å². The maximum atomic E-state index is 9.37. The number of rotatable bonds is 4. The highest BCUT2D eigenvalue weighted by Crippen LogP contribution is 2.32. The molecule has 1 aromatic carbocycles. The molecule has 1 heterocycles. The van der Waals surface area contributed by atoms with Gasteiger partial charge in [-0.3, -0.25) is 0 Å². The van der Waals surface area contributed by atoms with E-state index in [1.165, 1.54) is 0 Å². The van der Waals surface area contributed by atoms with E-state index in [-0.39, 0.29) is 6.61 Å². The SMILES string of the molecule is COc1ccc(-c2nc(Br)c(CO)n2C)cc1C(C)C. The third-order valence-corrected chi connectivity index (χ3v) is 4.06. The third kappa shape index (κ3) is 2.60. The molecule has 0 saturated carbocycles. The van der Waals surface area contributed by atoms with Crippen LogP contribution in [-0.2, 0) is 13.7 Å². The Balaban J connectivity index is 2.56. The normalized spacial score (nSPS) is 11.2. The van der Waals surface area contributed by atoms with Crippen molar-refractivity contribution in [3.63, 3.8) is 0 Å². The summed E-state index contributed by atoms with van der Waals surface area (Å²) in [6.45, 7) is 4.22. The fourth-order valence-corrected chi connectivity index (χ4v) is 2.81. The molecular weight excluding hydrogens is 320 g/mol. The summed E-state index contributed by atoms with van der Waals surface area (Å²) >= 11 is 3.38. The van der Waals surface area contributed by atoms with Crippen molar-refractivity contribution in [2.75, 3.05) is 7.11 Å². The molecule has 0 atom stereocenters. The molecule has 0 fully saturated rings. The van der Waals surface area contributed by atoms with Gasteiger partial charge in [-0.1, -0.05) is 13.8 Å². The number of benzene rings is 1. The first kappa shape index (κ1) is 15.1. The second-order valence-electron chi connectivity index (χ2n) is 5.00. The molecule has 0 unspecified atom stereocenters. The van der Waals surface area contributed by atoms with Gasteiger partial charge in [-0.25, -0.2) is 4.98 Å². The van der Waals surface area contributed by atoms with Crippen molar-refractivity contribution in [3.8, 4) is 17.1 Å². The number of aliphatic hydroxyl groups excluding tert-OH is 1. The molecule has 0 spiro atoms. The van der Waals surface area contributed by atoms with Crippen molar-refractivity contribution in [1.82, 2.24) is 9.55 Å². The summed E-state index contributed by atoms with van der Waals surface area (Å²) in [7, 11) is 3.58. The van der Waals surface area contributed by atoms with Crippen molar-refractivity contribution >= 4 is 15.9 Å². The lowest BCUT2D eigenvalue weighted by molar-refractivity contribution is 0.272. The Bertz CT molecular complexity index is 621. The Morgan fingerprint density at radius 2 is 2.10 bits per heavy atom. The van der Waals surface area contributed by atoms with Crippen LogP contribution in [0.25, 0.3) is 11.4 Å². The largest absolute Gasteiger partial charge is 0.496 e. The molecule has 5 heteroatoms. The monoisotopic (exact) mass is 338 g/mol. The fraction of sp³-hybridized carbons (Fsp3) is 0.400. The number of aromatic nitrogens is 2. The predicted molar refractivity (Wildman–Crippen MR) is 82.9 cm³/mol. The van der Waals surface area contributed by atoms with Gasteiger partial charge in [-0.05, 0) is 45.6 Å². The minimum absolute atomic E-state index is 0.0444. The van der Waals surface area contributed by atoms with E-state index in [4.69, 9.17) is 4.74 Å². The lowest BCUT2D eigenvalue weighted by Crippen LogP contribution is -2.00. The van der Waals surface area contributed by atoms with Gasteiger partial charge in [-0.15, -0.1) is 0 Å². The summed E-state index contributed by atoms with van der Waals surface area (Å²) < 4.78 is 7.98. The highest BCUT2D eigenvalue weighted by atomic mass is 79.9. The van der Waals surface area contributed by atoms with E-state index < -0.39 is 0 Å². The summed E-state index contributed by atoms with van der Waals surface area (Å²) in [4.78, 5) is 4.49. The minimum Gasteiger partial charge on any atom is -0.496 e. The molecule has 20 heavy (non-hydrogen) atoms. The van der Waals surface area contributed by atoms with Gasteiger partial charge in [0.05, 0.1) is 19.4 Å². The first-order valence-corrected chi connectivity index (χ1v) is 7.29. The summed E-state index contributed by atoms with van der Waals surface area (Å²) in [5.74, 6) is 2.08. The average molecular weight is 339 g/mol. The molecule has 2 aromatic rings. The number of aliphatic hydroxyl groups is 1. The second kappa shape index (κ2) is 5.97. The van der Waals surface area contributed by atoms with Crippen molar-refractivity contribution in [1.29, 1.82) is 0 Å². The highest BCUT2D eigenvalue weighted by molar-refractivity contribution is 9.10. The summed E-state index contributed by atoms with van der Waals surface area (Å²) in [5, 5.41) is 9.37. The molecule has 1 N–H and O–H groups in total. The molecule has 0 amide bonds. The molecule has 0 radical (unpaired) electrons. The molecular formula is C15H19BrN2O2. The van der Waals surface area contributed by atoms with Crippen molar-refractivity contribution in [3.05, 3.63) is 34.1 Å². The van der Waals surface area contributed by atoms with E-state index in [0.29, 0.717) is 10.5 Å². The fourth-order valence-electron chi connectivity index (χ4n) is 2.25. The van der Waals surface area contributed by atoms with Crippen LogP contribution in [0.4, 0.5) is 0 Å². The van der Waals surface area contributed by atoms with Crippen molar-refractivity contribution in [2.24, 2.45) is 7.05 Å². The first-order valence-electron chi connectivity index (χ1n) is 6.49. The van der Waals surface area contributed by atoms with E-state index in [1.54, 1.807) is 7.11 Å². The lowest BCUT2D eigenvalue weighted by Gasteiger charge is -2.13. The number of nitrogens with zero attached hydrogens (tertiary/aromatic N) is 2. The summed E-state index contributed by atoms with van der Waals surface area (Å²) in [6.07, 6.45) is 0. The lowest BCUT2D eigenvalue weighted by atomic mass is 9.99. The molecule has 0 aliphatic heterocycles. The van der Waals surface area contributed by atoms with Crippen LogP contribution in [0.15, 0.2) is 22.8 Å². The molecule has 0 saturated heterocycles. The number of hydrogen-bond donors (Lipinski definition) is 1. The Kier molecular flexibility index (Phi) is 4.50. The Hall–Kier alpha value is -1.33. The Labute approximate surface area is 127 Å². The van der Waals surface area contributed by atoms with Gasteiger partial charge in [0.15, 0.2) is 0 Å². The maximum Gasteiger partial charge on any atom is 0.141 e. The zero-order chi connectivity index (χ0) is 14.9. The zero-order valence-corrected chi connectivity index (χ0v) is 13.7. The van der Waals surface area contributed by atoms with Gasteiger partial charge in [0, 0.05) is 12.6 Å². The smallest absolute Gasteiger partial charge is 0.141 e. The van der Waals surface area contributed by atoms with Crippen LogP contribution in [0.5, 0.6) is 5.75 Å². The van der Waals surface area contributed by atoms with E-state index in [1.807, 2.05) is 23.7 Å². The first-order chi connectivity index (χ1) is 9.49. The average Bonchev–Trinajstić information content (AvgIpc) is 2.72. The van der Waals surface area contributed by atoms with Crippen LogP contribution in [-0.4, -0.2) is 21.8 Å². The number of imidazole rings is 1. The van der Waals surface area contributed by atoms with Crippen LogP contribution < -0.4 is 4.74 Å². The molecule has 2 rings (SSSR count). The van der Waals surface area contributed by atoms with Crippen LogP contribution in [0.3, 0.4) is 0 Å². The molecule has 108 valence electrons. The van der Waals surface area contributed by atoms with E-state index in [9.17, 15) is 5.11 Å². The van der Waals surface area contributed by atoms with Gasteiger partial charge in [0.2, 0.25) is 0 Å². The summed E-state index contributed by atoms with van der Waals surface area (Å²) in [5.41, 5.74) is 2.92. The van der Waals surface area contributed by atoms with Crippen LogP contribution in [0.1, 0.15) is 31.0 Å². The highest BCUT2D eigenvalue weighted by Gasteiger charge is 2.16. The van der Waals surface area contributed by atoms with Gasteiger partial charge < -0.3 is 14.4 Å². The molecule has 0 aliphatic rings. The number of hydrogen-bond acceptors (Lipinski definition) is 3. The van der Waals surface area contributed by atoms with Crippen LogP contribution >= 0.6 is 15.9 Å². The minimum atomic E-state index is -0.0444. The predicted octanol–water partition coefficient (Wildman–Crippen LogP) is 3.47. The van der Waals surface area contributed by atoms with Gasteiger partial charge >= 0.3 is 0 Å². The maximum absolute atomic E-state index is 9.37. The number of ether oxygens (including phenoxy) is 1. The quantitative estimate of drug-likeness (QED) is 0.928. The topological polar surface area (TPSA) is 47.3 Å².